The fraction of sp³-hybridized carbons (Fsp3) is 0.667. The van der Waals surface area contributed by atoms with Gasteiger partial charge in [0, 0.05) is 37.6 Å². The van der Waals surface area contributed by atoms with Crippen molar-refractivity contribution in [1.82, 2.24) is 0 Å². The van der Waals surface area contributed by atoms with E-state index in [9.17, 15) is 4.79 Å². The van der Waals surface area contributed by atoms with E-state index in [-0.39, 0.29) is 12.1 Å². The molecule has 1 aromatic rings. The van der Waals surface area contributed by atoms with Crippen molar-refractivity contribution >= 4 is 11.7 Å². The van der Waals surface area contributed by atoms with E-state index in [1.165, 1.54) is 7.11 Å². The molecular weight excluding hydrogens is 330 g/mol. The zero-order valence-electron chi connectivity index (χ0n) is 16.4. The molecule has 0 amide bonds. The molecule has 0 N–H and O–H groups in total. The molecule has 144 valence electrons. The molecule has 0 bridgehead atoms. The van der Waals surface area contributed by atoms with Gasteiger partial charge in [-0.1, -0.05) is 6.92 Å². The summed E-state index contributed by atoms with van der Waals surface area (Å²) >= 11 is 0. The lowest BCUT2D eigenvalue weighted by Gasteiger charge is -2.37. The van der Waals surface area contributed by atoms with Gasteiger partial charge in [0.15, 0.2) is 0 Å². The topological polar surface area (TPSA) is 48.0 Å². The fourth-order valence-electron chi connectivity index (χ4n) is 4.10. The maximum Gasteiger partial charge on any atom is 0.338 e. The molecule has 0 aromatic heterocycles. The summed E-state index contributed by atoms with van der Waals surface area (Å²) in [6.45, 7) is 8.87. The minimum atomic E-state index is -0.306. The summed E-state index contributed by atoms with van der Waals surface area (Å²) in [7, 11) is 1.43. The van der Waals surface area contributed by atoms with Gasteiger partial charge in [0.25, 0.3) is 0 Å². The third-order valence-corrected chi connectivity index (χ3v) is 5.67. The molecule has 26 heavy (non-hydrogen) atoms. The highest BCUT2D eigenvalue weighted by Crippen LogP contribution is 2.36. The Labute approximate surface area is 156 Å². The minimum Gasteiger partial charge on any atom is -0.490 e. The van der Waals surface area contributed by atoms with Crippen LogP contribution >= 0.6 is 0 Å². The second-order valence-corrected chi connectivity index (χ2v) is 7.55. The Bertz CT molecular complexity index is 633. The van der Waals surface area contributed by atoms with Gasteiger partial charge >= 0.3 is 5.97 Å². The highest BCUT2D eigenvalue weighted by Gasteiger charge is 2.29. The van der Waals surface area contributed by atoms with Crippen molar-refractivity contribution in [3.63, 3.8) is 0 Å². The van der Waals surface area contributed by atoms with Crippen LogP contribution in [0.2, 0.25) is 0 Å². The van der Waals surface area contributed by atoms with Crippen LogP contribution in [-0.4, -0.2) is 45.0 Å². The first-order valence-corrected chi connectivity index (χ1v) is 9.77. The number of hydrogen-bond acceptors (Lipinski definition) is 5. The molecular formula is C21H31NO4. The Morgan fingerprint density at radius 1 is 1.27 bits per heavy atom. The molecule has 1 aliphatic carbocycles. The van der Waals surface area contributed by atoms with Gasteiger partial charge in [-0.05, 0) is 57.1 Å². The smallest absolute Gasteiger partial charge is 0.338 e. The number of esters is 1. The Morgan fingerprint density at radius 2 is 1.96 bits per heavy atom. The third kappa shape index (κ3) is 3.98. The highest BCUT2D eigenvalue weighted by molar-refractivity contribution is 5.93. The second kappa shape index (κ2) is 8.30. The first-order chi connectivity index (χ1) is 12.5. The molecule has 1 heterocycles. The van der Waals surface area contributed by atoms with Crippen LogP contribution in [0.5, 0.6) is 5.75 Å². The highest BCUT2D eigenvalue weighted by atomic mass is 16.5. The van der Waals surface area contributed by atoms with Gasteiger partial charge < -0.3 is 19.1 Å². The number of nitrogens with zero attached hydrogens (tertiary/aromatic N) is 1. The molecule has 0 radical (unpaired) electrons. The normalized spacial score (nSPS) is 23.2. The lowest BCUT2D eigenvalue weighted by Crippen LogP contribution is -2.40. The predicted molar refractivity (Wildman–Crippen MR) is 102 cm³/mol. The average Bonchev–Trinajstić information content (AvgIpc) is 2.63. The number of rotatable bonds is 6. The van der Waals surface area contributed by atoms with Gasteiger partial charge in [0.2, 0.25) is 0 Å². The van der Waals surface area contributed by atoms with Crippen LogP contribution in [0.3, 0.4) is 0 Å². The lowest BCUT2D eigenvalue weighted by atomic mass is 9.84. The fourth-order valence-corrected chi connectivity index (χ4v) is 4.10. The van der Waals surface area contributed by atoms with Crippen molar-refractivity contribution in [1.29, 1.82) is 0 Å². The van der Waals surface area contributed by atoms with E-state index in [1.54, 1.807) is 0 Å². The van der Waals surface area contributed by atoms with Crippen LogP contribution in [0.25, 0.3) is 0 Å². The number of ether oxygens (including phenoxy) is 3. The summed E-state index contributed by atoms with van der Waals surface area (Å²) in [6, 6.07) is 4.37. The summed E-state index contributed by atoms with van der Waals surface area (Å²) in [4.78, 5) is 14.7. The molecule has 0 atom stereocenters. The van der Waals surface area contributed by atoms with Crippen LogP contribution in [0, 0.1) is 12.8 Å². The Balaban J connectivity index is 1.93. The van der Waals surface area contributed by atoms with Crippen molar-refractivity contribution in [2.24, 2.45) is 5.92 Å². The zero-order valence-corrected chi connectivity index (χ0v) is 16.4. The Hall–Kier alpha value is -1.75. The molecule has 5 heteroatoms. The molecule has 0 unspecified atom stereocenters. The molecule has 2 aliphatic rings. The van der Waals surface area contributed by atoms with Crippen molar-refractivity contribution in [3.8, 4) is 5.75 Å². The lowest BCUT2D eigenvalue weighted by molar-refractivity contribution is 0.0593. The second-order valence-electron chi connectivity index (χ2n) is 7.55. The summed E-state index contributed by atoms with van der Waals surface area (Å²) in [6.07, 6.45) is 4.42. The summed E-state index contributed by atoms with van der Waals surface area (Å²) in [5, 5.41) is 0. The Kier molecular flexibility index (Phi) is 6.07. The van der Waals surface area contributed by atoms with Gasteiger partial charge in [0.05, 0.1) is 18.8 Å². The molecule has 5 nitrogen and oxygen atoms in total. The minimum absolute atomic E-state index is 0.254. The maximum atomic E-state index is 12.3. The van der Waals surface area contributed by atoms with E-state index in [0.717, 1.165) is 68.4 Å². The third-order valence-electron chi connectivity index (χ3n) is 5.67. The molecule has 1 saturated carbocycles. The molecule has 0 spiro atoms. The molecule has 3 rings (SSSR count). The van der Waals surface area contributed by atoms with Crippen LogP contribution < -0.4 is 9.64 Å². The number of carbonyl (C=O) groups excluding carboxylic acids is 1. The number of anilines is 1. The van der Waals surface area contributed by atoms with Crippen molar-refractivity contribution in [3.05, 3.63) is 23.3 Å². The van der Waals surface area contributed by atoms with Gasteiger partial charge in [0.1, 0.15) is 5.75 Å². The summed E-state index contributed by atoms with van der Waals surface area (Å²) < 4.78 is 16.7. The van der Waals surface area contributed by atoms with Crippen LogP contribution in [0.1, 0.15) is 55.5 Å². The molecule has 2 fully saturated rings. The quantitative estimate of drug-likeness (QED) is 0.718. The van der Waals surface area contributed by atoms with Crippen molar-refractivity contribution < 1.29 is 19.0 Å². The van der Waals surface area contributed by atoms with Gasteiger partial charge in [-0.3, -0.25) is 0 Å². The first-order valence-electron chi connectivity index (χ1n) is 9.77. The largest absolute Gasteiger partial charge is 0.490 e. The van der Waals surface area contributed by atoms with Gasteiger partial charge in [-0.25, -0.2) is 4.79 Å². The van der Waals surface area contributed by atoms with E-state index in [2.05, 4.69) is 24.8 Å². The number of carbonyl (C=O) groups is 1. The molecule has 1 aromatic carbocycles. The van der Waals surface area contributed by atoms with Crippen LogP contribution in [-0.2, 0) is 9.47 Å². The standard InChI is InChI=1S/C21H31NO4/c1-5-22(16-6-8-25-9-7-16)20-13-18(26-17-10-14(2)11-17)12-19(15(20)3)21(23)24-4/h12-14,16-17H,5-11H2,1-4H3. The maximum absolute atomic E-state index is 12.3. The molecule has 1 saturated heterocycles. The van der Waals surface area contributed by atoms with Crippen LogP contribution in [0.15, 0.2) is 12.1 Å². The van der Waals surface area contributed by atoms with E-state index in [0.29, 0.717) is 11.6 Å². The van der Waals surface area contributed by atoms with Gasteiger partial charge in [-0.2, -0.15) is 0 Å². The zero-order chi connectivity index (χ0) is 18.7. The van der Waals surface area contributed by atoms with Gasteiger partial charge in [-0.15, -0.1) is 0 Å². The Morgan fingerprint density at radius 3 is 2.54 bits per heavy atom. The van der Waals surface area contributed by atoms with Crippen molar-refractivity contribution in [2.75, 3.05) is 31.8 Å². The number of methoxy groups -OCH3 is 1. The number of benzene rings is 1. The summed E-state index contributed by atoms with van der Waals surface area (Å²) in [5.41, 5.74) is 2.63. The van der Waals surface area contributed by atoms with Crippen LogP contribution in [0.4, 0.5) is 5.69 Å². The SMILES string of the molecule is CCN(c1cc(OC2CC(C)C2)cc(C(=O)OC)c1C)C1CCOCC1. The summed E-state index contributed by atoms with van der Waals surface area (Å²) in [5.74, 6) is 1.19. The predicted octanol–water partition coefficient (Wildman–Crippen LogP) is 3.96. The average molecular weight is 361 g/mol. The van der Waals surface area contributed by atoms with E-state index >= 15 is 0 Å². The number of hydrogen-bond donors (Lipinski definition) is 0. The van der Waals surface area contributed by atoms with E-state index in [4.69, 9.17) is 14.2 Å². The first kappa shape index (κ1) is 19.0. The molecule has 1 aliphatic heterocycles. The van der Waals surface area contributed by atoms with Crippen molar-refractivity contribution in [2.45, 2.75) is 58.6 Å². The van der Waals surface area contributed by atoms with E-state index in [1.807, 2.05) is 13.0 Å². The van der Waals surface area contributed by atoms with E-state index < -0.39 is 0 Å². The monoisotopic (exact) mass is 361 g/mol.